The first-order chi connectivity index (χ1) is 14.7. The van der Waals surface area contributed by atoms with Gasteiger partial charge in [0.15, 0.2) is 0 Å². The first-order valence-electron chi connectivity index (χ1n) is 9.93. The second kappa shape index (κ2) is 9.66. The molecule has 0 saturated carbocycles. The molecule has 3 aromatic carbocycles. The molecule has 0 heterocycles. The van der Waals surface area contributed by atoms with Crippen LogP contribution in [-0.4, -0.2) is 27.1 Å². The average molecular weight is 439 g/mol. The van der Waals surface area contributed by atoms with Crippen molar-refractivity contribution >= 4 is 27.3 Å². The number of hydrogen-bond acceptors (Lipinski definition) is 4. The lowest BCUT2D eigenvalue weighted by Crippen LogP contribution is -2.37. The molecule has 0 radical (unpaired) electrons. The van der Waals surface area contributed by atoms with Crippen LogP contribution in [0.25, 0.3) is 0 Å². The molecule has 0 saturated heterocycles. The number of para-hydroxylation sites is 2. The second-order valence-corrected chi connectivity index (χ2v) is 9.38. The van der Waals surface area contributed by atoms with Gasteiger partial charge in [-0.15, -0.1) is 0 Å². The van der Waals surface area contributed by atoms with E-state index < -0.39 is 15.9 Å². The molecular formula is C24H26N2O4S. The number of rotatable bonds is 8. The zero-order valence-corrected chi connectivity index (χ0v) is 18.6. The lowest BCUT2D eigenvalue weighted by atomic mass is 10.0. The van der Waals surface area contributed by atoms with Crippen molar-refractivity contribution in [3.63, 3.8) is 0 Å². The van der Waals surface area contributed by atoms with Crippen LogP contribution >= 0.6 is 0 Å². The number of sulfonamides is 1. The van der Waals surface area contributed by atoms with Gasteiger partial charge in [-0.05, 0) is 53.9 Å². The summed E-state index contributed by atoms with van der Waals surface area (Å²) >= 11 is 0. The lowest BCUT2D eigenvalue weighted by Gasteiger charge is -2.23. The molecule has 0 aromatic heterocycles. The van der Waals surface area contributed by atoms with Crippen LogP contribution in [0.5, 0.6) is 11.5 Å². The molecule has 0 bridgehead atoms. The van der Waals surface area contributed by atoms with E-state index in [1.165, 1.54) is 0 Å². The molecule has 0 aliphatic carbocycles. The van der Waals surface area contributed by atoms with E-state index in [2.05, 4.69) is 5.32 Å². The highest BCUT2D eigenvalue weighted by Crippen LogP contribution is 2.26. The van der Waals surface area contributed by atoms with E-state index in [9.17, 15) is 13.2 Å². The van der Waals surface area contributed by atoms with Gasteiger partial charge in [0.05, 0.1) is 11.9 Å². The predicted octanol–water partition coefficient (Wildman–Crippen LogP) is 5.01. The molecule has 0 spiro atoms. The van der Waals surface area contributed by atoms with Crippen LogP contribution in [0.4, 0.5) is 11.4 Å². The van der Waals surface area contributed by atoms with Crippen LogP contribution in [0.1, 0.15) is 25.3 Å². The third-order valence-electron chi connectivity index (χ3n) is 4.65. The number of carbonyl (C=O) groups excluding carboxylic acids is 1. The smallest absolute Gasteiger partial charge is 0.245 e. The van der Waals surface area contributed by atoms with Crippen molar-refractivity contribution in [2.75, 3.05) is 22.4 Å². The van der Waals surface area contributed by atoms with Crippen LogP contribution < -0.4 is 14.4 Å². The molecule has 0 aliphatic rings. The molecule has 3 aromatic rings. The molecule has 7 heteroatoms. The number of amides is 1. The summed E-state index contributed by atoms with van der Waals surface area (Å²) in [5.74, 6) is 1.06. The summed E-state index contributed by atoms with van der Waals surface area (Å²) in [7, 11) is -3.67. The van der Waals surface area contributed by atoms with Gasteiger partial charge in [-0.1, -0.05) is 50.2 Å². The molecule has 31 heavy (non-hydrogen) atoms. The fraction of sp³-hybridized carbons (Fsp3) is 0.208. The van der Waals surface area contributed by atoms with E-state index in [-0.39, 0.29) is 12.5 Å². The van der Waals surface area contributed by atoms with E-state index in [4.69, 9.17) is 4.74 Å². The Morgan fingerprint density at radius 3 is 2.10 bits per heavy atom. The van der Waals surface area contributed by atoms with Crippen LogP contribution in [0.3, 0.4) is 0 Å². The van der Waals surface area contributed by atoms with Crippen molar-refractivity contribution in [3.8, 4) is 11.5 Å². The van der Waals surface area contributed by atoms with E-state index in [0.29, 0.717) is 22.9 Å². The third kappa shape index (κ3) is 6.08. The molecule has 1 N–H and O–H groups in total. The maximum atomic E-state index is 12.7. The summed E-state index contributed by atoms with van der Waals surface area (Å²) in [6, 6.07) is 23.4. The minimum Gasteiger partial charge on any atom is -0.457 e. The van der Waals surface area contributed by atoms with E-state index in [1.54, 1.807) is 24.3 Å². The molecule has 0 aliphatic heterocycles. The summed E-state index contributed by atoms with van der Waals surface area (Å²) in [6.07, 6.45) is 1.08. The quantitative estimate of drug-likeness (QED) is 0.537. The standard InChI is InChI=1S/C24H26N2O4S/c1-18(2)22-11-7-8-12-23(22)25-24(27)17-26(31(3,28)29)19-13-15-21(16-14-19)30-20-9-5-4-6-10-20/h4-16,18H,17H2,1-3H3,(H,25,27). The Labute approximate surface area is 183 Å². The molecular weight excluding hydrogens is 412 g/mol. The van der Waals surface area contributed by atoms with Crippen LogP contribution in [0.2, 0.25) is 0 Å². The molecule has 1 amide bonds. The molecule has 3 rings (SSSR count). The summed E-state index contributed by atoms with van der Waals surface area (Å²) in [5.41, 5.74) is 2.06. The van der Waals surface area contributed by atoms with Gasteiger partial charge in [0.25, 0.3) is 0 Å². The summed E-state index contributed by atoms with van der Waals surface area (Å²) in [6.45, 7) is 3.74. The third-order valence-corrected chi connectivity index (χ3v) is 5.79. The highest BCUT2D eigenvalue weighted by Gasteiger charge is 2.21. The molecule has 0 atom stereocenters. The highest BCUT2D eigenvalue weighted by atomic mass is 32.2. The average Bonchev–Trinajstić information content (AvgIpc) is 2.73. The fourth-order valence-electron chi connectivity index (χ4n) is 3.14. The van der Waals surface area contributed by atoms with Gasteiger partial charge in [0.2, 0.25) is 15.9 Å². The van der Waals surface area contributed by atoms with E-state index in [0.717, 1.165) is 16.1 Å². The SMILES string of the molecule is CC(C)c1ccccc1NC(=O)CN(c1ccc(Oc2ccccc2)cc1)S(C)(=O)=O. The van der Waals surface area contributed by atoms with Gasteiger partial charge in [-0.2, -0.15) is 0 Å². The van der Waals surface area contributed by atoms with Crippen LogP contribution in [0.15, 0.2) is 78.9 Å². The fourth-order valence-corrected chi connectivity index (χ4v) is 4.00. The van der Waals surface area contributed by atoms with Crippen molar-refractivity contribution in [1.29, 1.82) is 0 Å². The van der Waals surface area contributed by atoms with E-state index in [1.807, 2.05) is 68.4 Å². The Balaban J connectivity index is 1.76. The first-order valence-corrected chi connectivity index (χ1v) is 11.8. The Morgan fingerprint density at radius 2 is 1.48 bits per heavy atom. The number of anilines is 2. The number of hydrogen-bond donors (Lipinski definition) is 1. The minimum atomic E-state index is -3.67. The lowest BCUT2D eigenvalue weighted by molar-refractivity contribution is -0.114. The Morgan fingerprint density at radius 1 is 0.903 bits per heavy atom. The van der Waals surface area contributed by atoms with Crippen molar-refractivity contribution < 1.29 is 17.9 Å². The van der Waals surface area contributed by atoms with Gasteiger partial charge in [-0.25, -0.2) is 8.42 Å². The van der Waals surface area contributed by atoms with Gasteiger partial charge >= 0.3 is 0 Å². The summed E-state index contributed by atoms with van der Waals surface area (Å²) < 4.78 is 31.6. The van der Waals surface area contributed by atoms with Gasteiger partial charge in [0, 0.05) is 5.69 Å². The summed E-state index contributed by atoms with van der Waals surface area (Å²) in [5, 5.41) is 2.84. The minimum absolute atomic E-state index is 0.222. The molecule has 162 valence electrons. The van der Waals surface area contributed by atoms with E-state index >= 15 is 0 Å². The van der Waals surface area contributed by atoms with Crippen molar-refractivity contribution in [2.24, 2.45) is 0 Å². The number of nitrogens with one attached hydrogen (secondary N) is 1. The molecule has 0 fully saturated rings. The topological polar surface area (TPSA) is 75.7 Å². The molecule has 0 unspecified atom stereocenters. The van der Waals surface area contributed by atoms with Crippen molar-refractivity contribution in [3.05, 3.63) is 84.4 Å². The zero-order chi connectivity index (χ0) is 22.4. The maximum Gasteiger partial charge on any atom is 0.245 e. The predicted molar refractivity (Wildman–Crippen MR) is 124 cm³/mol. The maximum absolute atomic E-state index is 12.7. The van der Waals surface area contributed by atoms with Crippen LogP contribution in [-0.2, 0) is 14.8 Å². The zero-order valence-electron chi connectivity index (χ0n) is 17.8. The summed E-state index contributed by atoms with van der Waals surface area (Å²) in [4.78, 5) is 12.7. The van der Waals surface area contributed by atoms with Gasteiger partial charge in [0.1, 0.15) is 18.0 Å². The Bertz CT molecular complexity index is 1130. The number of nitrogens with zero attached hydrogens (tertiary/aromatic N) is 1. The highest BCUT2D eigenvalue weighted by molar-refractivity contribution is 7.92. The molecule has 6 nitrogen and oxygen atoms in total. The van der Waals surface area contributed by atoms with Gasteiger partial charge < -0.3 is 10.1 Å². The van der Waals surface area contributed by atoms with Crippen LogP contribution in [0, 0.1) is 0 Å². The van der Waals surface area contributed by atoms with Gasteiger partial charge in [-0.3, -0.25) is 9.10 Å². The monoisotopic (exact) mass is 438 g/mol. The Kier molecular flexibility index (Phi) is 6.97. The second-order valence-electron chi connectivity index (χ2n) is 7.47. The largest absolute Gasteiger partial charge is 0.457 e. The number of carbonyl (C=O) groups is 1. The first kappa shape index (κ1) is 22.4. The Hall–Kier alpha value is -3.32. The number of ether oxygens (including phenoxy) is 1. The normalized spacial score (nSPS) is 11.2. The number of benzene rings is 3. The van der Waals surface area contributed by atoms with Crippen molar-refractivity contribution in [2.45, 2.75) is 19.8 Å². The van der Waals surface area contributed by atoms with Crippen molar-refractivity contribution in [1.82, 2.24) is 0 Å².